The van der Waals surface area contributed by atoms with Gasteiger partial charge in [-0.3, -0.25) is 14.6 Å². The van der Waals surface area contributed by atoms with Crippen LogP contribution in [0.5, 0.6) is 0 Å². The number of nitrogens with one attached hydrogen (secondary N) is 1. The third-order valence-electron chi connectivity index (χ3n) is 4.20. The minimum atomic E-state index is -0.598. The molecule has 4 amide bonds. The van der Waals surface area contributed by atoms with Gasteiger partial charge in [0, 0.05) is 27.1 Å². The maximum Gasteiger partial charge on any atom is 0.414 e. The first kappa shape index (κ1) is 17.0. The van der Waals surface area contributed by atoms with Gasteiger partial charge in [0.1, 0.15) is 11.9 Å². The molecule has 1 aromatic carbocycles. The van der Waals surface area contributed by atoms with E-state index in [-0.39, 0.29) is 30.7 Å². The van der Waals surface area contributed by atoms with Gasteiger partial charge in [-0.25, -0.2) is 14.0 Å². The zero-order chi connectivity index (χ0) is 18.1. The SMILES string of the molecule is CC(=O)NCC1CN(c2ccc(N3CCN(C)C3=O)c(F)c2)C(=O)O1. The Labute approximate surface area is 144 Å². The van der Waals surface area contributed by atoms with Crippen molar-refractivity contribution in [2.75, 3.05) is 43.0 Å². The molecule has 0 aromatic heterocycles. The van der Waals surface area contributed by atoms with Gasteiger partial charge >= 0.3 is 12.1 Å². The van der Waals surface area contributed by atoms with Crippen LogP contribution in [-0.2, 0) is 9.53 Å². The highest BCUT2D eigenvalue weighted by Crippen LogP contribution is 2.29. The number of anilines is 2. The number of likely N-dealkylation sites (N-methyl/N-ethyl adjacent to an activating group) is 1. The third kappa shape index (κ3) is 3.35. The van der Waals surface area contributed by atoms with Crippen LogP contribution in [-0.4, -0.2) is 62.3 Å². The van der Waals surface area contributed by atoms with Crippen LogP contribution in [0, 0.1) is 5.82 Å². The zero-order valence-electron chi connectivity index (χ0n) is 14.0. The number of rotatable bonds is 4. The highest BCUT2D eigenvalue weighted by atomic mass is 19.1. The maximum atomic E-state index is 14.5. The Morgan fingerprint density at radius 1 is 1.32 bits per heavy atom. The molecule has 1 unspecified atom stereocenters. The van der Waals surface area contributed by atoms with Gasteiger partial charge in [-0.1, -0.05) is 0 Å². The molecule has 25 heavy (non-hydrogen) atoms. The Balaban J connectivity index is 1.73. The van der Waals surface area contributed by atoms with Crippen LogP contribution in [0.2, 0.25) is 0 Å². The number of halogens is 1. The predicted molar refractivity (Wildman–Crippen MR) is 88.1 cm³/mol. The van der Waals surface area contributed by atoms with E-state index in [4.69, 9.17) is 4.74 Å². The van der Waals surface area contributed by atoms with Gasteiger partial charge in [-0.15, -0.1) is 0 Å². The van der Waals surface area contributed by atoms with Crippen molar-refractivity contribution in [1.29, 1.82) is 0 Å². The lowest BCUT2D eigenvalue weighted by Gasteiger charge is -2.19. The van der Waals surface area contributed by atoms with E-state index < -0.39 is 18.0 Å². The van der Waals surface area contributed by atoms with Crippen molar-refractivity contribution < 1.29 is 23.5 Å². The normalized spacial score (nSPS) is 20.3. The summed E-state index contributed by atoms with van der Waals surface area (Å²) in [6.45, 7) is 2.73. The molecule has 1 N–H and O–H groups in total. The minimum Gasteiger partial charge on any atom is -0.442 e. The van der Waals surface area contributed by atoms with Gasteiger partial charge in [-0.2, -0.15) is 0 Å². The van der Waals surface area contributed by atoms with Gasteiger partial charge in [0.2, 0.25) is 5.91 Å². The molecule has 0 aliphatic carbocycles. The Bertz CT molecular complexity index is 726. The highest BCUT2D eigenvalue weighted by Gasteiger charge is 2.34. The molecule has 2 heterocycles. The summed E-state index contributed by atoms with van der Waals surface area (Å²) in [7, 11) is 1.66. The highest BCUT2D eigenvalue weighted by molar-refractivity contribution is 5.95. The molecule has 1 atom stereocenters. The number of hydrogen-bond acceptors (Lipinski definition) is 4. The van der Waals surface area contributed by atoms with Crippen molar-refractivity contribution in [2.24, 2.45) is 0 Å². The summed E-state index contributed by atoms with van der Waals surface area (Å²) in [5.41, 5.74) is 0.525. The van der Waals surface area contributed by atoms with E-state index in [2.05, 4.69) is 5.32 Å². The Morgan fingerprint density at radius 2 is 2.08 bits per heavy atom. The molecule has 0 bridgehead atoms. The second-order valence-corrected chi connectivity index (χ2v) is 6.04. The number of cyclic esters (lactones) is 1. The number of urea groups is 1. The van der Waals surface area contributed by atoms with E-state index >= 15 is 0 Å². The zero-order valence-corrected chi connectivity index (χ0v) is 14.0. The van der Waals surface area contributed by atoms with Crippen molar-refractivity contribution >= 4 is 29.4 Å². The number of amides is 4. The van der Waals surface area contributed by atoms with Crippen molar-refractivity contribution in [3.05, 3.63) is 24.0 Å². The largest absolute Gasteiger partial charge is 0.442 e. The number of nitrogens with zero attached hydrogens (tertiary/aromatic N) is 3. The summed E-state index contributed by atoms with van der Waals surface area (Å²) < 4.78 is 19.6. The van der Waals surface area contributed by atoms with Crippen LogP contribution < -0.4 is 15.1 Å². The van der Waals surface area contributed by atoms with E-state index in [0.717, 1.165) is 0 Å². The van der Waals surface area contributed by atoms with Gasteiger partial charge in [0.15, 0.2) is 0 Å². The first-order chi connectivity index (χ1) is 11.9. The second-order valence-electron chi connectivity index (χ2n) is 6.04. The summed E-state index contributed by atoms with van der Waals surface area (Å²) in [6, 6.07) is 4.01. The van der Waals surface area contributed by atoms with Crippen LogP contribution in [0.1, 0.15) is 6.92 Å². The summed E-state index contributed by atoms with van der Waals surface area (Å²) in [5.74, 6) is -0.801. The molecule has 2 fully saturated rings. The number of carbonyl (C=O) groups is 3. The lowest BCUT2D eigenvalue weighted by atomic mass is 10.2. The number of carbonyl (C=O) groups excluding carboxylic acids is 3. The van der Waals surface area contributed by atoms with Crippen LogP contribution in [0.15, 0.2) is 18.2 Å². The lowest BCUT2D eigenvalue weighted by Crippen LogP contribution is -2.33. The Morgan fingerprint density at radius 3 is 2.68 bits per heavy atom. The summed E-state index contributed by atoms with van der Waals surface area (Å²) in [6.07, 6.45) is -1.09. The fourth-order valence-corrected chi connectivity index (χ4v) is 2.85. The first-order valence-corrected chi connectivity index (χ1v) is 7.91. The molecule has 0 radical (unpaired) electrons. The van der Waals surface area contributed by atoms with E-state index in [9.17, 15) is 18.8 Å². The molecule has 2 aliphatic heterocycles. The van der Waals surface area contributed by atoms with Crippen LogP contribution in [0.3, 0.4) is 0 Å². The number of ether oxygens (including phenoxy) is 1. The fourth-order valence-electron chi connectivity index (χ4n) is 2.85. The summed E-state index contributed by atoms with van der Waals surface area (Å²) in [4.78, 5) is 39.1. The van der Waals surface area contributed by atoms with Crippen molar-refractivity contribution in [3.8, 4) is 0 Å². The molecule has 0 saturated carbocycles. The molecule has 3 rings (SSSR count). The molecule has 1 aromatic rings. The maximum absolute atomic E-state index is 14.5. The molecular weight excluding hydrogens is 331 g/mol. The van der Waals surface area contributed by atoms with Gasteiger partial charge in [-0.05, 0) is 18.2 Å². The molecule has 8 nitrogen and oxygen atoms in total. The average molecular weight is 350 g/mol. The number of hydrogen-bond donors (Lipinski definition) is 1. The molecule has 134 valence electrons. The molecular formula is C16H19FN4O4. The molecule has 2 saturated heterocycles. The van der Waals surface area contributed by atoms with Gasteiger partial charge in [0.25, 0.3) is 0 Å². The van der Waals surface area contributed by atoms with E-state index in [0.29, 0.717) is 18.8 Å². The van der Waals surface area contributed by atoms with Crippen molar-refractivity contribution in [1.82, 2.24) is 10.2 Å². The third-order valence-corrected chi connectivity index (χ3v) is 4.20. The predicted octanol–water partition coefficient (Wildman–Crippen LogP) is 1.16. The standard InChI is InChI=1S/C16H19FN4O4/c1-10(22)18-8-12-9-21(16(24)25-12)11-3-4-14(13(17)7-11)20-6-5-19(2)15(20)23/h3-4,7,12H,5-6,8-9H2,1-2H3,(H,18,22). The fraction of sp³-hybridized carbons (Fsp3) is 0.438. The monoisotopic (exact) mass is 350 g/mol. The van der Waals surface area contributed by atoms with E-state index in [1.807, 2.05) is 0 Å². The van der Waals surface area contributed by atoms with Crippen molar-refractivity contribution in [3.63, 3.8) is 0 Å². The van der Waals surface area contributed by atoms with Crippen molar-refractivity contribution in [2.45, 2.75) is 13.0 Å². The smallest absolute Gasteiger partial charge is 0.414 e. The minimum absolute atomic E-state index is 0.181. The van der Waals surface area contributed by atoms with Crippen LogP contribution in [0.4, 0.5) is 25.4 Å². The Hall–Kier alpha value is -2.84. The van der Waals surface area contributed by atoms with E-state index in [1.165, 1.54) is 33.8 Å². The number of benzene rings is 1. The van der Waals surface area contributed by atoms with Gasteiger partial charge < -0.3 is 15.0 Å². The van der Waals surface area contributed by atoms with Crippen LogP contribution in [0.25, 0.3) is 0 Å². The molecule has 2 aliphatic rings. The summed E-state index contributed by atoms with van der Waals surface area (Å²) >= 11 is 0. The van der Waals surface area contributed by atoms with Gasteiger partial charge in [0.05, 0.1) is 24.5 Å². The quantitative estimate of drug-likeness (QED) is 0.883. The average Bonchev–Trinajstić information content (AvgIpc) is 3.09. The first-order valence-electron chi connectivity index (χ1n) is 7.91. The molecule has 0 spiro atoms. The second kappa shape index (κ2) is 6.58. The van der Waals surface area contributed by atoms with E-state index in [1.54, 1.807) is 13.1 Å². The topological polar surface area (TPSA) is 82.2 Å². The molecule has 9 heteroatoms. The van der Waals surface area contributed by atoms with Crippen LogP contribution >= 0.6 is 0 Å². The lowest BCUT2D eigenvalue weighted by molar-refractivity contribution is -0.119. The Kier molecular flexibility index (Phi) is 4.47. The summed E-state index contributed by atoms with van der Waals surface area (Å²) in [5, 5.41) is 2.58.